The Morgan fingerprint density at radius 2 is 1.85 bits per heavy atom. The van der Waals surface area contributed by atoms with Gasteiger partial charge >= 0.3 is 0 Å². The van der Waals surface area contributed by atoms with E-state index in [-0.39, 0.29) is 5.91 Å². The van der Waals surface area contributed by atoms with Crippen LogP contribution in [-0.4, -0.2) is 42.1 Å². The normalized spacial score (nSPS) is 17.8. The topological polar surface area (TPSA) is 49.6 Å². The number of aromatic nitrogens is 1. The van der Waals surface area contributed by atoms with Crippen LogP contribution in [0.5, 0.6) is 0 Å². The fourth-order valence-electron chi connectivity index (χ4n) is 3.76. The standard InChI is InChI=1S/C19H21Cl2N3O2/c20-15-7-6-13(12-16(15)21)23-8-3-9-24(11-10-23)19(25)18-14-4-1-2-5-17(14)26-22-18/h6-7,12H,1-5,8-11H2. The molecule has 26 heavy (non-hydrogen) atoms. The second kappa shape index (κ2) is 7.49. The monoisotopic (exact) mass is 393 g/mol. The van der Waals surface area contributed by atoms with E-state index in [9.17, 15) is 4.79 Å². The number of aryl methyl sites for hydroxylation is 1. The van der Waals surface area contributed by atoms with E-state index in [1.54, 1.807) is 0 Å². The highest BCUT2D eigenvalue weighted by atomic mass is 35.5. The first-order valence-electron chi connectivity index (χ1n) is 9.10. The van der Waals surface area contributed by atoms with Gasteiger partial charge in [0.05, 0.1) is 10.0 Å². The number of carbonyl (C=O) groups is 1. The van der Waals surface area contributed by atoms with Gasteiger partial charge in [-0.15, -0.1) is 0 Å². The number of fused-ring (bicyclic) bond motifs is 1. The molecule has 1 amide bonds. The van der Waals surface area contributed by atoms with Crippen LogP contribution in [0.4, 0.5) is 5.69 Å². The minimum Gasteiger partial charge on any atom is -0.370 e. The fourth-order valence-corrected chi connectivity index (χ4v) is 4.06. The Bertz CT molecular complexity index is 821. The first kappa shape index (κ1) is 17.7. The van der Waals surface area contributed by atoms with Gasteiger partial charge in [-0.1, -0.05) is 28.4 Å². The van der Waals surface area contributed by atoms with E-state index in [1.165, 1.54) is 0 Å². The summed E-state index contributed by atoms with van der Waals surface area (Å²) < 4.78 is 5.41. The number of rotatable bonds is 2. The summed E-state index contributed by atoms with van der Waals surface area (Å²) in [7, 11) is 0. The van der Waals surface area contributed by atoms with E-state index in [2.05, 4.69) is 10.1 Å². The van der Waals surface area contributed by atoms with Gasteiger partial charge in [-0.3, -0.25) is 4.79 Å². The lowest BCUT2D eigenvalue weighted by molar-refractivity contribution is 0.0755. The van der Waals surface area contributed by atoms with Crippen LogP contribution in [0.2, 0.25) is 10.0 Å². The molecule has 0 saturated carbocycles. The van der Waals surface area contributed by atoms with Crippen LogP contribution in [-0.2, 0) is 12.8 Å². The van der Waals surface area contributed by atoms with Crippen LogP contribution in [0.1, 0.15) is 41.1 Å². The van der Waals surface area contributed by atoms with Gasteiger partial charge in [0.25, 0.3) is 5.91 Å². The van der Waals surface area contributed by atoms with Crippen molar-refractivity contribution in [2.75, 3.05) is 31.1 Å². The lowest BCUT2D eigenvalue weighted by Crippen LogP contribution is -2.36. The van der Waals surface area contributed by atoms with E-state index in [0.29, 0.717) is 22.3 Å². The van der Waals surface area contributed by atoms with Gasteiger partial charge in [-0.2, -0.15) is 0 Å². The minimum absolute atomic E-state index is 0.00658. The molecule has 0 N–H and O–H groups in total. The van der Waals surface area contributed by atoms with Crippen molar-refractivity contribution in [3.8, 4) is 0 Å². The molecule has 1 aliphatic carbocycles. The Morgan fingerprint density at radius 1 is 1.00 bits per heavy atom. The molecule has 2 heterocycles. The number of hydrogen-bond donors (Lipinski definition) is 0. The molecule has 5 nitrogen and oxygen atoms in total. The molecule has 1 aromatic heterocycles. The van der Waals surface area contributed by atoms with Crippen LogP contribution in [0.25, 0.3) is 0 Å². The number of carbonyl (C=O) groups excluding carboxylic acids is 1. The van der Waals surface area contributed by atoms with Gasteiger partial charge in [0, 0.05) is 43.9 Å². The predicted molar refractivity (Wildman–Crippen MR) is 102 cm³/mol. The third-order valence-corrected chi connectivity index (χ3v) is 5.94. The quantitative estimate of drug-likeness (QED) is 0.766. The maximum atomic E-state index is 13.0. The molecular formula is C19H21Cl2N3O2. The third-order valence-electron chi connectivity index (χ3n) is 5.20. The maximum absolute atomic E-state index is 13.0. The number of amides is 1. The van der Waals surface area contributed by atoms with Crippen LogP contribution < -0.4 is 4.90 Å². The van der Waals surface area contributed by atoms with E-state index < -0.39 is 0 Å². The summed E-state index contributed by atoms with van der Waals surface area (Å²) >= 11 is 12.2. The number of halogens is 2. The molecule has 0 atom stereocenters. The highest BCUT2D eigenvalue weighted by Crippen LogP contribution is 2.28. The maximum Gasteiger partial charge on any atom is 0.276 e. The summed E-state index contributed by atoms with van der Waals surface area (Å²) in [6.45, 7) is 3.00. The Hall–Kier alpha value is -1.72. The highest BCUT2D eigenvalue weighted by Gasteiger charge is 2.28. The summed E-state index contributed by atoms with van der Waals surface area (Å²) in [6.07, 6.45) is 4.88. The molecule has 7 heteroatoms. The van der Waals surface area contributed by atoms with E-state index in [4.69, 9.17) is 27.7 Å². The highest BCUT2D eigenvalue weighted by molar-refractivity contribution is 6.42. The van der Waals surface area contributed by atoms with Crippen molar-refractivity contribution in [3.05, 3.63) is 45.3 Å². The lowest BCUT2D eigenvalue weighted by Gasteiger charge is -2.24. The Balaban J connectivity index is 1.47. The predicted octanol–water partition coefficient (Wildman–Crippen LogP) is 4.21. The number of nitrogens with zero attached hydrogens (tertiary/aromatic N) is 3. The summed E-state index contributed by atoms with van der Waals surface area (Å²) in [5, 5.41) is 5.20. The summed E-state index contributed by atoms with van der Waals surface area (Å²) in [6, 6.07) is 5.67. The van der Waals surface area contributed by atoms with Gasteiger partial charge in [0.15, 0.2) is 5.69 Å². The molecule has 2 aliphatic rings. The first-order valence-corrected chi connectivity index (χ1v) is 9.86. The largest absolute Gasteiger partial charge is 0.370 e. The zero-order valence-corrected chi connectivity index (χ0v) is 16.0. The van der Waals surface area contributed by atoms with E-state index in [1.807, 2.05) is 23.1 Å². The molecule has 1 aliphatic heterocycles. The second-order valence-corrected chi connectivity index (χ2v) is 7.69. The molecule has 138 valence electrons. The van der Waals surface area contributed by atoms with Gasteiger partial charge in [0.2, 0.25) is 0 Å². The van der Waals surface area contributed by atoms with Crippen molar-refractivity contribution >= 4 is 34.8 Å². The van der Waals surface area contributed by atoms with Crippen molar-refractivity contribution in [2.45, 2.75) is 32.1 Å². The third kappa shape index (κ3) is 3.42. The molecule has 2 aromatic rings. The fraction of sp³-hybridized carbons (Fsp3) is 0.474. The number of hydrogen-bond acceptors (Lipinski definition) is 4. The Kier molecular flexibility index (Phi) is 5.09. The van der Waals surface area contributed by atoms with Gasteiger partial charge < -0.3 is 14.3 Å². The molecule has 1 saturated heterocycles. The van der Waals surface area contributed by atoms with Crippen molar-refractivity contribution in [2.24, 2.45) is 0 Å². The van der Waals surface area contributed by atoms with Crippen molar-refractivity contribution in [1.82, 2.24) is 10.1 Å². The number of benzene rings is 1. The van der Waals surface area contributed by atoms with Crippen molar-refractivity contribution in [1.29, 1.82) is 0 Å². The average Bonchev–Trinajstić information content (AvgIpc) is 2.92. The second-order valence-electron chi connectivity index (χ2n) is 6.87. The van der Waals surface area contributed by atoms with Crippen LogP contribution >= 0.6 is 23.2 Å². The smallest absolute Gasteiger partial charge is 0.276 e. The minimum atomic E-state index is -0.00658. The number of anilines is 1. The van der Waals surface area contributed by atoms with Gasteiger partial charge in [-0.05, 0) is 43.9 Å². The zero-order chi connectivity index (χ0) is 18.1. The molecule has 0 unspecified atom stereocenters. The zero-order valence-electron chi connectivity index (χ0n) is 14.5. The Morgan fingerprint density at radius 3 is 2.69 bits per heavy atom. The molecule has 1 fully saturated rings. The first-order chi connectivity index (χ1) is 12.6. The SMILES string of the molecule is O=C(c1noc2c1CCCC2)N1CCCN(c2ccc(Cl)c(Cl)c2)CC1. The van der Waals surface area contributed by atoms with Crippen LogP contribution in [0.15, 0.2) is 22.7 Å². The molecule has 0 radical (unpaired) electrons. The van der Waals surface area contributed by atoms with Crippen LogP contribution in [0, 0.1) is 0 Å². The van der Waals surface area contributed by atoms with E-state index >= 15 is 0 Å². The van der Waals surface area contributed by atoms with Crippen molar-refractivity contribution in [3.63, 3.8) is 0 Å². The van der Waals surface area contributed by atoms with Crippen LogP contribution in [0.3, 0.4) is 0 Å². The Labute approximate surface area is 162 Å². The van der Waals surface area contributed by atoms with Crippen molar-refractivity contribution < 1.29 is 9.32 Å². The van der Waals surface area contributed by atoms with Gasteiger partial charge in [0.1, 0.15) is 5.76 Å². The molecule has 1 aromatic carbocycles. The molecule has 0 bridgehead atoms. The molecular weight excluding hydrogens is 373 g/mol. The average molecular weight is 394 g/mol. The summed E-state index contributed by atoms with van der Waals surface area (Å²) in [5.41, 5.74) is 2.57. The van der Waals surface area contributed by atoms with Gasteiger partial charge in [-0.25, -0.2) is 0 Å². The van der Waals surface area contributed by atoms with E-state index in [0.717, 1.165) is 68.7 Å². The summed E-state index contributed by atoms with van der Waals surface area (Å²) in [5.74, 6) is 0.889. The summed E-state index contributed by atoms with van der Waals surface area (Å²) in [4.78, 5) is 17.1. The lowest BCUT2D eigenvalue weighted by atomic mass is 9.96. The molecule has 0 spiro atoms. The molecule has 4 rings (SSSR count).